The van der Waals surface area contributed by atoms with Crippen LogP contribution in [0.5, 0.6) is 0 Å². The van der Waals surface area contributed by atoms with Crippen molar-refractivity contribution < 1.29 is 23.9 Å². The summed E-state index contributed by atoms with van der Waals surface area (Å²) in [6.45, 7) is 7.18. The molecule has 0 spiro atoms. The molecule has 0 aliphatic carbocycles. The minimum atomic E-state index is -0.632. The molecule has 4 rings (SSSR count). The first-order chi connectivity index (χ1) is 16.5. The van der Waals surface area contributed by atoms with Gasteiger partial charge < -0.3 is 14.4 Å². The molecule has 0 radical (unpaired) electrons. The van der Waals surface area contributed by atoms with Crippen molar-refractivity contribution in [1.29, 1.82) is 0 Å². The van der Waals surface area contributed by atoms with Gasteiger partial charge in [-0.05, 0) is 56.7 Å². The molecule has 3 amide bonds. The topological polar surface area (TPSA) is 88.2 Å². The van der Waals surface area contributed by atoms with Gasteiger partial charge in [0.15, 0.2) is 0 Å². The molecule has 184 valence electrons. The molecule has 0 saturated carbocycles. The van der Waals surface area contributed by atoms with E-state index >= 15 is 0 Å². The number of hydrogen-bond donors (Lipinski definition) is 1. The molecule has 2 aromatic carbocycles. The maximum atomic E-state index is 13.6. The van der Waals surface area contributed by atoms with E-state index in [2.05, 4.69) is 5.32 Å². The molecule has 1 N–H and O–H groups in total. The molecule has 0 aromatic heterocycles. The first-order valence-corrected chi connectivity index (χ1v) is 11.8. The number of morpholine rings is 1. The van der Waals surface area contributed by atoms with Gasteiger partial charge in [-0.15, -0.1) is 0 Å². The molecule has 2 aliphatic rings. The van der Waals surface area contributed by atoms with Crippen molar-refractivity contribution in [2.75, 3.05) is 36.5 Å². The van der Waals surface area contributed by atoms with Gasteiger partial charge in [-0.2, -0.15) is 0 Å². The number of carbonyl (C=O) groups excluding carboxylic acids is 3. The van der Waals surface area contributed by atoms with E-state index in [1.165, 1.54) is 6.07 Å². The number of anilines is 2. The lowest BCUT2D eigenvalue weighted by molar-refractivity contribution is -0.121. The lowest BCUT2D eigenvalue weighted by Gasteiger charge is -2.29. The monoisotopic (exact) mass is 517 g/mol. The summed E-state index contributed by atoms with van der Waals surface area (Å²) in [4.78, 5) is 42.2. The summed E-state index contributed by atoms with van der Waals surface area (Å²) in [5, 5.41) is 3.23. The van der Waals surface area contributed by atoms with Crippen molar-refractivity contribution in [3.8, 4) is 0 Å². The Labute approximate surface area is 213 Å². The van der Waals surface area contributed by atoms with Crippen molar-refractivity contribution in [2.45, 2.75) is 26.4 Å². The van der Waals surface area contributed by atoms with E-state index in [9.17, 15) is 14.4 Å². The van der Waals surface area contributed by atoms with Crippen LogP contribution in [0.25, 0.3) is 5.57 Å². The molecule has 2 aliphatic heterocycles. The highest BCUT2D eigenvalue weighted by molar-refractivity contribution is 6.46. The maximum Gasteiger partial charge on any atom is 0.412 e. The van der Waals surface area contributed by atoms with E-state index in [-0.39, 0.29) is 10.6 Å². The molecule has 0 unspecified atom stereocenters. The molecule has 35 heavy (non-hydrogen) atoms. The first kappa shape index (κ1) is 25.0. The Morgan fingerprint density at radius 2 is 1.63 bits per heavy atom. The van der Waals surface area contributed by atoms with Crippen molar-refractivity contribution in [3.63, 3.8) is 0 Å². The van der Waals surface area contributed by atoms with Gasteiger partial charge >= 0.3 is 6.09 Å². The van der Waals surface area contributed by atoms with Crippen LogP contribution in [0.1, 0.15) is 26.3 Å². The molecule has 2 heterocycles. The SMILES string of the molecule is CC(C)(C)OC(=O)Nc1ccc(C2=C(N3CCOCC3)C(=O)N(c3ccc(Cl)c(Cl)c3)C2=O)cc1. The van der Waals surface area contributed by atoms with Gasteiger partial charge in [0, 0.05) is 18.8 Å². The molecule has 2 aromatic rings. The van der Waals surface area contributed by atoms with Crippen molar-refractivity contribution >= 4 is 58.1 Å². The molecule has 0 atom stereocenters. The first-order valence-electron chi connectivity index (χ1n) is 11.1. The Morgan fingerprint density at radius 1 is 0.971 bits per heavy atom. The number of halogens is 2. The van der Waals surface area contributed by atoms with Gasteiger partial charge in [0.05, 0.1) is 34.5 Å². The number of imide groups is 1. The number of rotatable bonds is 4. The summed E-state index contributed by atoms with van der Waals surface area (Å²) in [6, 6.07) is 11.3. The number of ether oxygens (including phenoxy) is 2. The summed E-state index contributed by atoms with van der Waals surface area (Å²) in [5.74, 6) is -0.913. The van der Waals surface area contributed by atoms with Crippen LogP contribution in [0.2, 0.25) is 10.0 Å². The van der Waals surface area contributed by atoms with Crippen molar-refractivity contribution in [3.05, 3.63) is 63.8 Å². The number of hydrogen-bond acceptors (Lipinski definition) is 6. The molecule has 1 saturated heterocycles. The van der Waals surface area contributed by atoms with Crippen molar-refractivity contribution in [1.82, 2.24) is 4.90 Å². The average Bonchev–Trinajstić information content (AvgIpc) is 3.05. The van der Waals surface area contributed by atoms with Crippen molar-refractivity contribution in [2.24, 2.45) is 0 Å². The summed E-state index contributed by atoms with van der Waals surface area (Å²) in [6.07, 6.45) is -0.587. The fraction of sp³-hybridized carbons (Fsp3) is 0.320. The standard InChI is InChI=1S/C25H25Cl2N3O5/c1-25(2,3)35-24(33)28-16-6-4-15(5-7-16)20-21(29-10-12-34-13-11-29)23(32)30(22(20)31)17-8-9-18(26)19(27)14-17/h4-9,14H,10-13H2,1-3H3,(H,28,33). The highest BCUT2D eigenvalue weighted by Crippen LogP contribution is 2.37. The van der Waals surface area contributed by atoms with Gasteiger partial charge in [-0.3, -0.25) is 14.9 Å². The fourth-order valence-electron chi connectivity index (χ4n) is 3.86. The second kappa shape index (κ2) is 9.89. The fourth-order valence-corrected chi connectivity index (χ4v) is 4.15. The third kappa shape index (κ3) is 5.45. The zero-order chi connectivity index (χ0) is 25.3. The molecular formula is C25H25Cl2N3O5. The van der Waals surface area contributed by atoms with Gasteiger partial charge in [0.2, 0.25) is 0 Å². The summed E-state index contributed by atoms with van der Waals surface area (Å²) in [5.41, 5.74) is 1.31. The van der Waals surface area contributed by atoms with E-state index in [1.54, 1.807) is 57.2 Å². The number of nitrogens with one attached hydrogen (secondary N) is 1. The highest BCUT2D eigenvalue weighted by atomic mass is 35.5. The van der Waals surface area contributed by atoms with E-state index in [4.69, 9.17) is 32.7 Å². The lowest BCUT2D eigenvalue weighted by atomic mass is 10.0. The van der Waals surface area contributed by atoms with Crippen LogP contribution >= 0.6 is 23.2 Å². The predicted octanol–water partition coefficient (Wildman–Crippen LogP) is 4.96. The second-order valence-electron chi connectivity index (χ2n) is 9.07. The Bertz CT molecular complexity index is 1200. The molecular weight excluding hydrogens is 493 g/mol. The van der Waals surface area contributed by atoms with Crippen LogP contribution in [0.3, 0.4) is 0 Å². The molecule has 0 bridgehead atoms. The quantitative estimate of drug-likeness (QED) is 0.576. The third-order valence-corrected chi connectivity index (χ3v) is 6.11. The van der Waals surface area contributed by atoms with Crippen LogP contribution < -0.4 is 10.2 Å². The van der Waals surface area contributed by atoms with Gasteiger partial charge in [-0.25, -0.2) is 9.69 Å². The van der Waals surface area contributed by atoms with Gasteiger partial charge in [-0.1, -0.05) is 35.3 Å². The summed E-state index contributed by atoms with van der Waals surface area (Å²) >= 11 is 12.2. The number of nitrogens with zero attached hydrogens (tertiary/aromatic N) is 2. The van der Waals surface area contributed by atoms with E-state index in [0.717, 1.165) is 4.90 Å². The second-order valence-corrected chi connectivity index (χ2v) is 9.89. The smallest absolute Gasteiger partial charge is 0.412 e. The van der Waals surface area contributed by atoms with Crippen LogP contribution in [-0.4, -0.2) is 54.7 Å². The Balaban J connectivity index is 1.68. The zero-order valence-electron chi connectivity index (χ0n) is 19.6. The van der Waals surface area contributed by atoms with E-state index in [0.29, 0.717) is 54.0 Å². The van der Waals surface area contributed by atoms with Gasteiger partial charge in [0.1, 0.15) is 11.3 Å². The Hall–Kier alpha value is -3.07. The molecule has 10 heteroatoms. The van der Waals surface area contributed by atoms with E-state index in [1.807, 2.05) is 4.90 Å². The van der Waals surface area contributed by atoms with Crippen LogP contribution in [-0.2, 0) is 19.1 Å². The average molecular weight is 518 g/mol. The normalized spacial score (nSPS) is 16.7. The maximum absolute atomic E-state index is 13.6. The molecule has 1 fully saturated rings. The van der Waals surface area contributed by atoms with Crippen LogP contribution in [0.15, 0.2) is 48.2 Å². The van der Waals surface area contributed by atoms with Gasteiger partial charge in [0.25, 0.3) is 11.8 Å². The van der Waals surface area contributed by atoms with Crippen LogP contribution in [0.4, 0.5) is 16.2 Å². The Morgan fingerprint density at radius 3 is 2.23 bits per heavy atom. The minimum Gasteiger partial charge on any atom is -0.444 e. The highest BCUT2D eigenvalue weighted by Gasteiger charge is 2.43. The largest absolute Gasteiger partial charge is 0.444 e. The Kier molecular flexibility index (Phi) is 7.07. The van der Waals surface area contributed by atoms with E-state index < -0.39 is 23.5 Å². The molecule has 8 nitrogen and oxygen atoms in total. The zero-order valence-corrected chi connectivity index (χ0v) is 21.1. The summed E-state index contributed by atoms with van der Waals surface area (Å²) in [7, 11) is 0. The predicted molar refractivity (Wildman–Crippen MR) is 135 cm³/mol. The number of carbonyl (C=O) groups is 3. The number of amides is 3. The third-order valence-electron chi connectivity index (χ3n) is 5.37. The lowest BCUT2D eigenvalue weighted by Crippen LogP contribution is -2.40. The summed E-state index contributed by atoms with van der Waals surface area (Å²) < 4.78 is 10.7. The minimum absolute atomic E-state index is 0.240. The number of benzene rings is 2. The van der Waals surface area contributed by atoms with Crippen LogP contribution in [0, 0.1) is 0 Å².